The van der Waals surface area contributed by atoms with Gasteiger partial charge in [0.1, 0.15) is 5.75 Å². The van der Waals surface area contributed by atoms with Crippen molar-refractivity contribution in [2.24, 2.45) is 5.11 Å². The number of rotatable bonds is 10. The van der Waals surface area contributed by atoms with Crippen molar-refractivity contribution in [2.75, 3.05) is 6.54 Å². The van der Waals surface area contributed by atoms with Crippen LogP contribution < -0.4 is 5.32 Å². The summed E-state index contributed by atoms with van der Waals surface area (Å²) in [4.78, 5) is 54.4. The average molecular weight is 469 g/mol. The average Bonchev–Trinajstić information content (AvgIpc) is 2.99. The normalized spacial score (nSPS) is 15.9. The summed E-state index contributed by atoms with van der Waals surface area (Å²) in [7, 11) is -4.79. The molecule has 0 spiro atoms. The number of unbranched alkanes of at least 4 members (excludes halogenated alkanes) is 2. The third-order valence-electron chi connectivity index (χ3n) is 4.34. The van der Waals surface area contributed by atoms with E-state index in [0.29, 0.717) is 19.3 Å². The number of hydroxylamine groups is 2. The van der Waals surface area contributed by atoms with Gasteiger partial charge >= 0.3 is 5.97 Å². The molecule has 3 amide bonds. The lowest BCUT2D eigenvalue weighted by molar-refractivity contribution is -0.197. The summed E-state index contributed by atoms with van der Waals surface area (Å²) >= 11 is 0. The van der Waals surface area contributed by atoms with Crippen molar-refractivity contribution in [1.29, 1.82) is 0 Å². The third kappa shape index (κ3) is 6.41. The molecule has 32 heavy (non-hydrogen) atoms. The van der Waals surface area contributed by atoms with E-state index in [0.717, 1.165) is 6.07 Å². The maximum Gasteiger partial charge on any atom is 0.333 e. The van der Waals surface area contributed by atoms with Crippen LogP contribution in [0.4, 0.5) is 5.69 Å². The number of azide groups is 1. The highest BCUT2D eigenvalue weighted by Gasteiger charge is 2.48. The fraction of sp³-hybridized carbons (Fsp3) is 0.412. The largest absolute Gasteiger partial charge is 0.507 e. The van der Waals surface area contributed by atoms with Crippen molar-refractivity contribution >= 4 is 39.5 Å². The van der Waals surface area contributed by atoms with Crippen LogP contribution in [0, 0.1) is 0 Å². The lowest BCUT2D eigenvalue weighted by Crippen LogP contribution is -2.36. The van der Waals surface area contributed by atoms with E-state index < -0.39 is 45.5 Å². The van der Waals surface area contributed by atoms with E-state index in [1.165, 1.54) is 12.1 Å². The van der Waals surface area contributed by atoms with E-state index in [4.69, 9.17) is 10.1 Å². The molecule has 1 aromatic rings. The molecule has 0 aliphatic carbocycles. The standard InChI is InChI=1S/C17H19N5O9S/c18-21-20-10-5-6-11(12(23)8-10)16(26)19-7-3-1-2-4-15(25)31-22-14(24)9-13(17(22)27)32(28,29)30/h5-6,8,13,23H,1-4,7,9H2,(H,19,26)(H,28,29,30)/t13-/m1/s1. The summed E-state index contributed by atoms with van der Waals surface area (Å²) in [5.74, 6) is -4.21. The molecular formula is C17H19N5O9S. The maximum absolute atomic E-state index is 12.0. The third-order valence-corrected chi connectivity index (χ3v) is 5.43. The monoisotopic (exact) mass is 469 g/mol. The number of benzene rings is 1. The Kier molecular flexibility index (Phi) is 8.12. The second kappa shape index (κ2) is 10.6. The first kappa shape index (κ1) is 24.6. The fourth-order valence-electron chi connectivity index (χ4n) is 2.75. The summed E-state index contributed by atoms with van der Waals surface area (Å²) in [5, 5.41) is 13.7. The van der Waals surface area contributed by atoms with Crippen molar-refractivity contribution in [1.82, 2.24) is 10.4 Å². The number of carbonyl (C=O) groups excluding carboxylic acids is 4. The van der Waals surface area contributed by atoms with E-state index in [1.807, 2.05) is 0 Å². The number of hydrogen-bond acceptors (Lipinski definition) is 9. The van der Waals surface area contributed by atoms with E-state index in [2.05, 4.69) is 20.2 Å². The van der Waals surface area contributed by atoms with Crippen LogP contribution in [0.3, 0.4) is 0 Å². The van der Waals surface area contributed by atoms with Crippen molar-refractivity contribution in [3.63, 3.8) is 0 Å². The van der Waals surface area contributed by atoms with Crippen LogP contribution in [-0.4, -0.2) is 58.6 Å². The van der Waals surface area contributed by atoms with Gasteiger partial charge < -0.3 is 15.3 Å². The molecule has 1 heterocycles. The highest BCUT2D eigenvalue weighted by atomic mass is 32.2. The zero-order chi connectivity index (χ0) is 23.9. The van der Waals surface area contributed by atoms with Crippen LogP contribution in [0.1, 0.15) is 42.5 Å². The molecule has 0 aromatic heterocycles. The van der Waals surface area contributed by atoms with Crippen LogP contribution in [0.15, 0.2) is 23.3 Å². The molecule has 0 saturated carbocycles. The van der Waals surface area contributed by atoms with Gasteiger partial charge in [0, 0.05) is 23.6 Å². The Morgan fingerprint density at radius 3 is 2.59 bits per heavy atom. The number of phenolic OH excluding ortho intramolecular Hbond substituents is 1. The molecular weight excluding hydrogens is 450 g/mol. The molecule has 1 aliphatic heterocycles. The molecule has 14 nitrogen and oxygen atoms in total. The number of nitrogens with one attached hydrogen (secondary N) is 1. The molecule has 1 aliphatic rings. The van der Waals surface area contributed by atoms with Gasteiger partial charge in [-0.05, 0) is 30.5 Å². The predicted octanol–water partition coefficient (Wildman–Crippen LogP) is 1.10. The van der Waals surface area contributed by atoms with Crippen LogP contribution >= 0.6 is 0 Å². The number of phenols is 1. The zero-order valence-corrected chi connectivity index (χ0v) is 17.3. The van der Waals surface area contributed by atoms with E-state index in [-0.39, 0.29) is 35.0 Å². The summed E-state index contributed by atoms with van der Waals surface area (Å²) < 4.78 is 31.0. The van der Waals surface area contributed by atoms with Crippen LogP contribution in [0.2, 0.25) is 0 Å². The fourth-order valence-corrected chi connectivity index (χ4v) is 3.46. The zero-order valence-electron chi connectivity index (χ0n) is 16.5. The summed E-state index contributed by atoms with van der Waals surface area (Å²) in [5.41, 5.74) is 8.50. The number of amides is 3. The molecule has 1 fully saturated rings. The Morgan fingerprint density at radius 2 is 2.00 bits per heavy atom. The van der Waals surface area contributed by atoms with Gasteiger partial charge in [-0.25, -0.2) is 4.79 Å². The van der Waals surface area contributed by atoms with Gasteiger partial charge in [-0.3, -0.25) is 18.9 Å². The Hall–Kier alpha value is -3.68. The number of hydrogen-bond donors (Lipinski definition) is 3. The SMILES string of the molecule is [N-]=[N+]=Nc1ccc(C(=O)NCCCCCC(=O)ON2C(=O)C[C@@H](S(=O)(=O)O)C2=O)c(O)c1. The smallest absolute Gasteiger partial charge is 0.333 e. The quantitative estimate of drug-likeness (QED) is 0.111. The minimum atomic E-state index is -4.79. The molecule has 0 radical (unpaired) electrons. The predicted molar refractivity (Wildman–Crippen MR) is 106 cm³/mol. The molecule has 3 N–H and O–H groups in total. The Labute approximate surface area is 181 Å². The minimum absolute atomic E-state index is 0.00591. The summed E-state index contributed by atoms with van der Waals surface area (Å²) in [6.45, 7) is 0.227. The Morgan fingerprint density at radius 1 is 1.28 bits per heavy atom. The molecule has 1 saturated heterocycles. The highest BCUT2D eigenvalue weighted by Crippen LogP contribution is 2.24. The summed E-state index contributed by atoms with van der Waals surface area (Å²) in [6, 6.07) is 3.82. The molecule has 172 valence electrons. The number of imide groups is 1. The summed E-state index contributed by atoms with van der Waals surface area (Å²) in [6.07, 6.45) is 0.228. The first-order chi connectivity index (χ1) is 15.0. The molecule has 0 bridgehead atoms. The van der Waals surface area contributed by atoms with E-state index in [9.17, 15) is 32.7 Å². The van der Waals surface area contributed by atoms with E-state index >= 15 is 0 Å². The van der Waals surface area contributed by atoms with Crippen molar-refractivity contribution in [2.45, 2.75) is 37.4 Å². The molecule has 15 heteroatoms. The lowest BCUT2D eigenvalue weighted by Gasteiger charge is -2.13. The number of aromatic hydroxyl groups is 1. The second-order valence-electron chi connectivity index (χ2n) is 6.65. The van der Waals surface area contributed by atoms with Gasteiger partial charge in [-0.2, -0.15) is 8.42 Å². The minimum Gasteiger partial charge on any atom is -0.507 e. The van der Waals surface area contributed by atoms with Gasteiger partial charge in [0.15, 0.2) is 5.25 Å². The van der Waals surface area contributed by atoms with Gasteiger partial charge in [0.25, 0.3) is 27.8 Å². The Bertz CT molecular complexity index is 1080. The molecule has 1 atom stereocenters. The molecule has 2 rings (SSSR count). The van der Waals surface area contributed by atoms with Gasteiger partial charge in [0.05, 0.1) is 12.0 Å². The van der Waals surface area contributed by atoms with Crippen LogP contribution in [0.5, 0.6) is 5.75 Å². The Balaban J connectivity index is 1.69. The van der Waals surface area contributed by atoms with Gasteiger partial charge in [-0.15, -0.1) is 5.06 Å². The van der Waals surface area contributed by atoms with Gasteiger partial charge in [0.2, 0.25) is 0 Å². The van der Waals surface area contributed by atoms with Crippen LogP contribution in [-0.2, 0) is 29.3 Å². The van der Waals surface area contributed by atoms with Crippen molar-refractivity contribution < 1.29 is 42.1 Å². The first-order valence-electron chi connectivity index (χ1n) is 9.24. The first-order valence-corrected chi connectivity index (χ1v) is 10.7. The van der Waals surface area contributed by atoms with Crippen molar-refractivity contribution in [3.05, 3.63) is 34.2 Å². The molecule has 0 unspecified atom stereocenters. The maximum atomic E-state index is 12.0. The number of carbonyl (C=O) groups is 4. The lowest BCUT2D eigenvalue weighted by atomic mass is 10.1. The van der Waals surface area contributed by atoms with Crippen LogP contribution in [0.25, 0.3) is 10.4 Å². The second-order valence-corrected chi connectivity index (χ2v) is 8.25. The van der Waals surface area contributed by atoms with Crippen molar-refractivity contribution in [3.8, 4) is 5.75 Å². The molecule has 1 aromatic carbocycles. The highest BCUT2D eigenvalue weighted by molar-refractivity contribution is 7.87. The van der Waals surface area contributed by atoms with E-state index in [1.54, 1.807) is 0 Å². The topological polar surface area (TPSA) is 216 Å². The number of nitrogens with zero attached hydrogens (tertiary/aromatic N) is 4. The van der Waals surface area contributed by atoms with Gasteiger partial charge in [-0.1, -0.05) is 17.6 Å².